The van der Waals surface area contributed by atoms with E-state index in [2.05, 4.69) is 0 Å². The van der Waals surface area contributed by atoms with Gasteiger partial charge in [0.25, 0.3) is 11.8 Å². The van der Waals surface area contributed by atoms with Crippen molar-refractivity contribution in [3.05, 3.63) is 99.8 Å². The predicted molar refractivity (Wildman–Crippen MR) is 117 cm³/mol. The summed E-state index contributed by atoms with van der Waals surface area (Å²) in [5, 5.41) is 10.1. The zero-order chi connectivity index (χ0) is 22.0. The predicted octanol–water partition coefficient (Wildman–Crippen LogP) is 5.39. The molecule has 0 unspecified atom stereocenters. The van der Waals surface area contributed by atoms with Crippen LogP contribution in [0.3, 0.4) is 0 Å². The lowest BCUT2D eigenvalue weighted by atomic mass is 9.94. The summed E-state index contributed by atoms with van der Waals surface area (Å²) >= 11 is 6.05. The molecule has 0 radical (unpaired) electrons. The van der Waals surface area contributed by atoms with Crippen molar-refractivity contribution in [2.45, 2.75) is 13.5 Å². The number of amides is 2. The van der Waals surface area contributed by atoms with Gasteiger partial charge in [0.05, 0.1) is 6.54 Å². The smallest absolute Gasteiger partial charge is 0.271 e. The number of carbonyl (C=O) groups excluding carboxylic acids is 2. The third-order valence-electron chi connectivity index (χ3n) is 5.03. The molecule has 0 saturated heterocycles. The van der Waals surface area contributed by atoms with Crippen LogP contribution in [0.5, 0.6) is 0 Å². The Labute approximate surface area is 184 Å². The Morgan fingerprint density at radius 2 is 1.81 bits per heavy atom. The fraction of sp³-hybridized carbons (Fsp3) is 0.0800. The number of halogens is 1. The third kappa shape index (κ3) is 4.07. The normalized spacial score (nSPS) is 15.5. The van der Waals surface area contributed by atoms with E-state index in [-0.39, 0.29) is 17.7 Å². The average molecular weight is 429 g/mol. The lowest BCUT2D eigenvalue weighted by Crippen LogP contribution is -2.42. The first-order valence-corrected chi connectivity index (χ1v) is 9.94. The highest BCUT2D eigenvalue weighted by Gasteiger charge is 2.35. The minimum atomic E-state index is -0.593. The molecule has 4 rings (SSSR count). The number of furan rings is 1. The van der Waals surface area contributed by atoms with Crippen molar-refractivity contribution >= 4 is 29.5 Å². The molecule has 0 aliphatic carbocycles. The summed E-state index contributed by atoms with van der Waals surface area (Å²) in [6, 6.07) is 21.9. The van der Waals surface area contributed by atoms with Crippen LogP contribution >= 0.6 is 11.6 Å². The van der Waals surface area contributed by atoms with Gasteiger partial charge in [0.1, 0.15) is 23.2 Å². The Morgan fingerprint density at radius 3 is 2.52 bits per heavy atom. The zero-order valence-corrected chi connectivity index (χ0v) is 17.4. The van der Waals surface area contributed by atoms with E-state index in [4.69, 9.17) is 16.0 Å². The molecule has 0 N–H and O–H groups in total. The van der Waals surface area contributed by atoms with E-state index in [1.165, 1.54) is 0 Å². The largest absolute Gasteiger partial charge is 0.457 e. The van der Waals surface area contributed by atoms with Gasteiger partial charge >= 0.3 is 0 Å². The molecule has 0 fully saturated rings. The van der Waals surface area contributed by atoms with Crippen molar-refractivity contribution in [1.29, 1.82) is 5.26 Å². The van der Waals surface area contributed by atoms with Gasteiger partial charge in [0.2, 0.25) is 0 Å². The minimum absolute atomic E-state index is 0.0524. The summed E-state index contributed by atoms with van der Waals surface area (Å²) in [5.41, 5.74) is 2.13. The van der Waals surface area contributed by atoms with Crippen LogP contribution in [-0.2, 0) is 16.1 Å². The molecule has 6 heteroatoms. The van der Waals surface area contributed by atoms with Gasteiger partial charge in [-0.25, -0.2) is 0 Å². The van der Waals surface area contributed by atoms with E-state index in [1.807, 2.05) is 48.5 Å². The molecule has 2 aromatic carbocycles. The van der Waals surface area contributed by atoms with Gasteiger partial charge in [-0.3, -0.25) is 14.5 Å². The second-order valence-corrected chi connectivity index (χ2v) is 7.50. The Kier molecular flexibility index (Phi) is 5.57. The number of nitriles is 1. The van der Waals surface area contributed by atoms with E-state index < -0.39 is 11.8 Å². The first-order chi connectivity index (χ1) is 15.0. The summed E-state index contributed by atoms with van der Waals surface area (Å²) in [6.07, 6.45) is 1.56. The average Bonchev–Trinajstić information content (AvgIpc) is 3.24. The zero-order valence-electron chi connectivity index (χ0n) is 16.6. The molecule has 0 saturated carbocycles. The van der Waals surface area contributed by atoms with Gasteiger partial charge in [-0.15, -0.1) is 0 Å². The van der Waals surface area contributed by atoms with Crippen LogP contribution in [0.2, 0.25) is 5.02 Å². The first kappa shape index (κ1) is 20.4. The number of hydrogen-bond acceptors (Lipinski definition) is 4. The monoisotopic (exact) mass is 428 g/mol. The second kappa shape index (κ2) is 8.47. The minimum Gasteiger partial charge on any atom is -0.457 e. The van der Waals surface area contributed by atoms with Gasteiger partial charge in [0, 0.05) is 16.2 Å². The Hall–Kier alpha value is -3.88. The van der Waals surface area contributed by atoms with E-state index in [0.717, 1.165) is 16.0 Å². The van der Waals surface area contributed by atoms with Crippen molar-refractivity contribution in [3.63, 3.8) is 0 Å². The van der Waals surface area contributed by atoms with Gasteiger partial charge in [-0.05, 0) is 48.4 Å². The Bertz CT molecular complexity index is 1280. The fourth-order valence-corrected chi connectivity index (χ4v) is 3.60. The highest BCUT2D eigenvalue weighted by atomic mass is 35.5. The molecule has 2 amide bonds. The molecule has 0 atom stereocenters. The van der Waals surface area contributed by atoms with Crippen LogP contribution in [-0.4, -0.2) is 16.7 Å². The summed E-state index contributed by atoms with van der Waals surface area (Å²) < 4.78 is 5.88. The molecular weight excluding hydrogens is 412 g/mol. The van der Waals surface area contributed by atoms with Gasteiger partial charge < -0.3 is 4.42 Å². The molecule has 1 aromatic heterocycles. The molecular formula is C25H17ClN2O3. The van der Waals surface area contributed by atoms with Crippen molar-refractivity contribution in [3.8, 4) is 17.4 Å². The lowest BCUT2D eigenvalue weighted by molar-refractivity contribution is -0.141. The molecule has 0 spiro atoms. The Morgan fingerprint density at radius 1 is 1.03 bits per heavy atom. The molecule has 1 aliphatic rings. The van der Waals surface area contributed by atoms with Gasteiger partial charge in [-0.2, -0.15) is 5.26 Å². The van der Waals surface area contributed by atoms with Crippen LogP contribution in [0, 0.1) is 11.3 Å². The van der Waals surface area contributed by atoms with Crippen LogP contribution in [0.15, 0.2) is 87.9 Å². The molecule has 152 valence electrons. The maximum absolute atomic E-state index is 13.2. The SMILES string of the molecule is CC1=C(C#N)C(=O)N(Cc2ccccc2)C(=O)/C1=C\c1ccc(-c2cccc(Cl)c2)o1. The number of nitrogens with zero attached hydrogens (tertiary/aromatic N) is 2. The second-order valence-electron chi connectivity index (χ2n) is 7.06. The van der Waals surface area contributed by atoms with Crippen LogP contribution in [0.25, 0.3) is 17.4 Å². The summed E-state index contributed by atoms with van der Waals surface area (Å²) in [7, 11) is 0. The first-order valence-electron chi connectivity index (χ1n) is 9.57. The van der Waals surface area contributed by atoms with Crippen molar-refractivity contribution in [1.82, 2.24) is 4.90 Å². The number of carbonyl (C=O) groups is 2. The topological polar surface area (TPSA) is 74.3 Å². The fourth-order valence-electron chi connectivity index (χ4n) is 3.41. The van der Waals surface area contributed by atoms with E-state index in [9.17, 15) is 14.9 Å². The maximum atomic E-state index is 13.2. The maximum Gasteiger partial charge on any atom is 0.271 e. The summed E-state index contributed by atoms with van der Waals surface area (Å²) in [6.45, 7) is 1.68. The molecule has 5 nitrogen and oxygen atoms in total. The number of benzene rings is 2. The number of rotatable bonds is 4. The molecule has 0 bridgehead atoms. The molecule has 3 aromatic rings. The van der Waals surface area contributed by atoms with Crippen LogP contribution in [0.1, 0.15) is 18.2 Å². The Balaban J connectivity index is 1.72. The molecule has 1 aliphatic heterocycles. The quantitative estimate of drug-likeness (QED) is 0.412. The molecule has 31 heavy (non-hydrogen) atoms. The number of hydrogen-bond donors (Lipinski definition) is 0. The van der Waals surface area contributed by atoms with Crippen LogP contribution < -0.4 is 0 Å². The lowest BCUT2D eigenvalue weighted by Gasteiger charge is -2.27. The third-order valence-corrected chi connectivity index (χ3v) is 5.27. The highest BCUT2D eigenvalue weighted by molar-refractivity contribution is 6.30. The van der Waals surface area contributed by atoms with E-state index >= 15 is 0 Å². The van der Waals surface area contributed by atoms with E-state index in [0.29, 0.717) is 22.1 Å². The van der Waals surface area contributed by atoms with Gasteiger partial charge in [0.15, 0.2) is 0 Å². The van der Waals surface area contributed by atoms with Crippen LogP contribution in [0.4, 0.5) is 0 Å². The summed E-state index contributed by atoms with van der Waals surface area (Å²) in [5.74, 6) is -0.0305. The number of imide groups is 1. The standard InChI is InChI=1S/C25H17ClN2O3/c1-16-21(13-20-10-11-23(31-20)18-8-5-9-19(26)12-18)24(29)28(25(30)22(16)14-27)15-17-6-3-2-4-7-17/h2-13H,15H2,1H3/b21-13-. The van der Waals surface area contributed by atoms with Crippen molar-refractivity contribution < 1.29 is 14.0 Å². The molecule has 2 heterocycles. The highest BCUT2D eigenvalue weighted by Crippen LogP contribution is 2.30. The summed E-state index contributed by atoms with van der Waals surface area (Å²) in [4.78, 5) is 27.0. The van der Waals surface area contributed by atoms with E-state index in [1.54, 1.807) is 37.3 Å². The van der Waals surface area contributed by atoms with Crippen molar-refractivity contribution in [2.75, 3.05) is 0 Å². The van der Waals surface area contributed by atoms with Crippen molar-refractivity contribution in [2.24, 2.45) is 0 Å². The van der Waals surface area contributed by atoms with Gasteiger partial charge in [-0.1, -0.05) is 54.1 Å².